The van der Waals surface area contributed by atoms with Gasteiger partial charge in [0.25, 0.3) is 0 Å². The van der Waals surface area contributed by atoms with Gasteiger partial charge in [0, 0.05) is 12.6 Å². The molecule has 3 rings (SSSR count). The van der Waals surface area contributed by atoms with Crippen molar-refractivity contribution in [2.75, 3.05) is 6.61 Å². The third-order valence-corrected chi connectivity index (χ3v) is 4.92. The number of aromatic nitrogens is 4. The van der Waals surface area contributed by atoms with E-state index in [1.165, 1.54) is 6.42 Å². The average molecular weight is 307 g/mol. The lowest BCUT2D eigenvalue weighted by molar-refractivity contribution is -0.135. The molecule has 22 heavy (non-hydrogen) atoms. The fourth-order valence-electron chi connectivity index (χ4n) is 3.73. The van der Waals surface area contributed by atoms with Crippen molar-refractivity contribution in [3.05, 3.63) is 6.33 Å². The van der Waals surface area contributed by atoms with E-state index >= 15 is 0 Å². The topological polar surface area (TPSA) is 81.9 Å². The molecule has 2 heterocycles. The highest BCUT2D eigenvalue weighted by atomic mass is 16.5. The largest absolute Gasteiger partial charge is 0.375 e. The first-order valence-electron chi connectivity index (χ1n) is 8.20. The van der Waals surface area contributed by atoms with Crippen molar-refractivity contribution in [3.63, 3.8) is 0 Å². The van der Waals surface area contributed by atoms with Crippen LogP contribution >= 0.6 is 0 Å². The molecule has 1 saturated carbocycles. The van der Waals surface area contributed by atoms with Gasteiger partial charge in [-0.15, -0.1) is 5.10 Å². The van der Waals surface area contributed by atoms with Gasteiger partial charge >= 0.3 is 0 Å². The highest BCUT2D eigenvalue weighted by molar-refractivity contribution is 5.84. The van der Waals surface area contributed by atoms with Crippen LogP contribution in [0.3, 0.4) is 0 Å². The third-order valence-electron chi connectivity index (χ3n) is 4.92. The molecule has 2 aliphatic rings. The summed E-state index contributed by atoms with van der Waals surface area (Å²) in [6.07, 6.45) is 8.11. The molecule has 0 aromatic carbocycles. The van der Waals surface area contributed by atoms with Crippen LogP contribution in [0.25, 0.3) is 0 Å². The van der Waals surface area contributed by atoms with Gasteiger partial charge in [0.15, 0.2) is 0 Å². The Morgan fingerprint density at radius 1 is 1.32 bits per heavy atom. The van der Waals surface area contributed by atoms with Crippen LogP contribution in [0.5, 0.6) is 0 Å². The molecule has 1 aliphatic heterocycles. The molecular formula is C15H25N5O2. The van der Waals surface area contributed by atoms with E-state index in [1.807, 2.05) is 0 Å². The number of rotatable bonds is 3. The summed E-state index contributed by atoms with van der Waals surface area (Å²) in [7, 11) is 0. The molecule has 1 amide bonds. The van der Waals surface area contributed by atoms with Gasteiger partial charge in [-0.3, -0.25) is 4.79 Å². The molecule has 1 N–H and O–H groups in total. The van der Waals surface area contributed by atoms with E-state index in [-0.39, 0.29) is 17.6 Å². The number of hydrogen-bond donors (Lipinski definition) is 1. The van der Waals surface area contributed by atoms with Crippen molar-refractivity contribution in [2.45, 2.75) is 76.0 Å². The summed E-state index contributed by atoms with van der Waals surface area (Å²) >= 11 is 0. The minimum absolute atomic E-state index is 0.0576. The van der Waals surface area contributed by atoms with E-state index in [0.717, 1.165) is 38.5 Å². The first-order valence-corrected chi connectivity index (χ1v) is 8.20. The molecule has 0 spiro atoms. The van der Waals surface area contributed by atoms with Gasteiger partial charge in [-0.2, -0.15) is 0 Å². The Bertz CT molecular complexity index is 508. The second-order valence-corrected chi connectivity index (χ2v) is 7.12. The van der Waals surface area contributed by atoms with Crippen molar-refractivity contribution < 1.29 is 9.53 Å². The maximum atomic E-state index is 13.0. The zero-order valence-electron chi connectivity index (χ0n) is 13.4. The van der Waals surface area contributed by atoms with Gasteiger partial charge in [0.1, 0.15) is 11.9 Å². The first kappa shape index (κ1) is 15.4. The minimum Gasteiger partial charge on any atom is -0.375 e. The summed E-state index contributed by atoms with van der Waals surface area (Å²) in [5.74, 6) is 0.0576. The van der Waals surface area contributed by atoms with Crippen LogP contribution in [0.15, 0.2) is 6.33 Å². The van der Waals surface area contributed by atoms with Gasteiger partial charge in [-0.25, -0.2) is 4.68 Å². The Morgan fingerprint density at radius 3 is 2.73 bits per heavy atom. The summed E-state index contributed by atoms with van der Waals surface area (Å²) in [5.41, 5.74) is -0.797. The van der Waals surface area contributed by atoms with Crippen molar-refractivity contribution in [3.8, 4) is 0 Å². The van der Waals surface area contributed by atoms with Crippen molar-refractivity contribution in [1.82, 2.24) is 25.5 Å². The number of hydrogen-bond acceptors (Lipinski definition) is 5. The molecule has 1 aromatic heterocycles. The van der Waals surface area contributed by atoms with E-state index in [1.54, 1.807) is 11.0 Å². The summed E-state index contributed by atoms with van der Waals surface area (Å²) in [4.78, 5) is 13.0. The van der Waals surface area contributed by atoms with E-state index < -0.39 is 5.54 Å². The zero-order valence-corrected chi connectivity index (χ0v) is 13.4. The molecule has 1 atom stereocenters. The van der Waals surface area contributed by atoms with Gasteiger partial charge in [0.05, 0.1) is 5.60 Å². The van der Waals surface area contributed by atoms with Crippen molar-refractivity contribution in [1.29, 1.82) is 0 Å². The maximum Gasteiger partial charge on any atom is 0.248 e. The normalized spacial score (nSPS) is 27.3. The number of carbonyl (C=O) groups is 1. The van der Waals surface area contributed by atoms with E-state index in [0.29, 0.717) is 6.61 Å². The second-order valence-electron chi connectivity index (χ2n) is 7.12. The van der Waals surface area contributed by atoms with E-state index in [9.17, 15) is 4.79 Å². The molecule has 1 aliphatic carbocycles. The molecule has 7 nitrogen and oxygen atoms in total. The molecule has 7 heteroatoms. The van der Waals surface area contributed by atoms with Gasteiger partial charge in [0.2, 0.25) is 5.91 Å². The Kier molecular flexibility index (Phi) is 4.16. The first-order chi connectivity index (χ1) is 10.5. The Balaban J connectivity index is 1.75. The third kappa shape index (κ3) is 2.99. The number of tetrazole rings is 1. The van der Waals surface area contributed by atoms with Crippen LogP contribution in [0.4, 0.5) is 0 Å². The number of carbonyl (C=O) groups excluding carboxylic acids is 1. The van der Waals surface area contributed by atoms with Crippen LogP contribution < -0.4 is 5.32 Å². The highest BCUT2D eigenvalue weighted by Gasteiger charge is 2.44. The van der Waals surface area contributed by atoms with Crippen molar-refractivity contribution >= 4 is 5.91 Å². The quantitative estimate of drug-likeness (QED) is 0.913. The predicted octanol–water partition coefficient (Wildman–Crippen LogP) is 1.41. The summed E-state index contributed by atoms with van der Waals surface area (Å²) in [6, 6.07) is 0.159. The highest BCUT2D eigenvalue weighted by Crippen LogP contribution is 2.35. The molecule has 1 aromatic rings. The monoisotopic (exact) mass is 307 g/mol. The fourth-order valence-corrected chi connectivity index (χ4v) is 3.73. The zero-order chi connectivity index (χ0) is 15.6. The van der Waals surface area contributed by atoms with Crippen LogP contribution in [0, 0.1) is 0 Å². The lowest BCUT2D eigenvalue weighted by Crippen LogP contribution is -2.55. The van der Waals surface area contributed by atoms with E-state index in [2.05, 4.69) is 34.7 Å². The number of ether oxygens (including phenoxy) is 1. The molecule has 0 radical (unpaired) electrons. The van der Waals surface area contributed by atoms with Crippen LogP contribution in [-0.2, 0) is 15.1 Å². The smallest absolute Gasteiger partial charge is 0.248 e. The molecule has 1 unspecified atom stereocenters. The molecule has 122 valence electrons. The van der Waals surface area contributed by atoms with Gasteiger partial charge in [-0.1, -0.05) is 19.3 Å². The Morgan fingerprint density at radius 2 is 2.09 bits per heavy atom. The number of nitrogens with one attached hydrogen (secondary N) is 1. The Hall–Kier alpha value is -1.50. The number of amides is 1. The van der Waals surface area contributed by atoms with Gasteiger partial charge in [-0.05, 0) is 50.0 Å². The molecule has 1 saturated heterocycles. The summed E-state index contributed by atoms with van der Waals surface area (Å²) < 4.78 is 7.39. The Labute approximate surface area is 130 Å². The lowest BCUT2D eigenvalue weighted by atomic mass is 9.80. The molecule has 2 fully saturated rings. The van der Waals surface area contributed by atoms with Gasteiger partial charge < -0.3 is 10.1 Å². The SMILES string of the molecule is CC1(C)CC(NC(=O)C2(n3cnnn3)CCCCC2)CCO1. The summed E-state index contributed by atoms with van der Waals surface area (Å²) in [5, 5.41) is 14.7. The average Bonchev–Trinajstić information content (AvgIpc) is 3.01. The molecular weight excluding hydrogens is 282 g/mol. The summed E-state index contributed by atoms with van der Waals surface area (Å²) in [6.45, 7) is 4.84. The van der Waals surface area contributed by atoms with Crippen molar-refractivity contribution in [2.24, 2.45) is 0 Å². The number of nitrogens with zero attached hydrogens (tertiary/aromatic N) is 4. The van der Waals surface area contributed by atoms with E-state index in [4.69, 9.17) is 4.74 Å². The van der Waals surface area contributed by atoms with Crippen LogP contribution in [0.1, 0.15) is 58.8 Å². The van der Waals surface area contributed by atoms with Crippen LogP contribution in [0.2, 0.25) is 0 Å². The maximum absolute atomic E-state index is 13.0. The molecule has 0 bridgehead atoms. The second kappa shape index (κ2) is 5.95. The fraction of sp³-hybridized carbons (Fsp3) is 0.867. The lowest BCUT2D eigenvalue weighted by Gasteiger charge is -2.39. The minimum atomic E-state index is -0.621. The predicted molar refractivity (Wildman–Crippen MR) is 80.1 cm³/mol. The standard InChI is InChI=1S/C15H25N5O2/c1-14(2)10-12(6-9-22-14)17-13(21)15(7-4-3-5-8-15)20-11-16-18-19-20/h11-12H,3-10H2,1-2H3,(H,17,21). The van der Waals surface area contributed by atoms with Crippen LogP contribution in [-0.4, -0.2) is 44.4 Å².